The minimum absolute atomic E-state index is 0.100. The van der Waals surface area contributed by atoms with E-state index in [9.17, 15) is 10.2 Å². The quantitative estimate of drug-likeness (QED) is 0.228. The van der Waals surface area contributed by atoms with Gasteiger partial charge in [-0.25, -0.2) is 4.98 Å². The highest BCUT2D eigenvalue weighted by atomic mass is 32.2. The number of hydrogen-bond acceptors (Lipinski definition) is 10. The molecule has 1 aromatic carbocycles. The molecule has 9 nitrogen and oxygen atoms in total. The molecule has 0 spiro atoms. The number of thiophene rings is 1. The molecule has 3 aromatic heterocycles. The first kappa shape index (κ1) is 24.0. The van der Waals surface area contributed by atoms with Gasteiger partial charge >= 0.3 is 0 Å². The normalized spacial score (nSPS) is 13.5. The average Bonchev–Trinajstić information content (AvgIpc) is 3.44. The van der Waals surface area contributed by atoms with Crippen LogP contribution in [-0.2, 0) is 19.4 Å². The monoisotopic (exact) mass is 511 g/mol. The standard InChI is InChI=1S/C24H29N7O2S2/c1-2-12-30(23-26-21(25)20-16-10-6-7-11-17(16)35-22(20)27-23)13-18-28-29-24(34-14-19(32)33)31(18)15-8-4-3-5-9-15/h3-5,8-9,19,32-33H,2,6-7,10-14H2,1H3,(H2,25,26,27). The summed E-state index contributed by atoms with van der Waals surface area (Å²) in [7, 11) is 0. The fourth-order valence-electron chi connectivity index (χ4n) is 4.49. The number of aliphatic hydroxyl groups is 2. The second-order valence-electron chi connectivity index (χ2n) is 8.58. The van der Waals surface area contributed by atoms with Crippen LogP contribution in [0, 0.1) is 0 Å². The number of nitrogens with zero attached hydrogens (tertiary/aromatic N) is 6. The zero-order valence-electron chi connectivity index (χ0n) is 19.6. The Morgan fingerprint density at radius 3 is 2.71 bits per heavy atom. The van der Waals surface area contributed by atoms with Crippen LogP contribution in [0.2, 0.25) is 0 Å². The van der Waals surface area contributed by atoms with E-state index in [0.29, 0.717) is 29.3 Å². The van der Waals surface area contributed by atoms with Gasteiger partial charge in [-0.15, -0.1) is 21.5 Å². The van der Waals surface area contributed by atoms with Crippen LogP contribution in [0.25, 0.3) is 15.9 Å². The van der Waals surface area contributed by atoms with E-state index in [-0.39, 0.29) is 5.75 Å². The summed E-state index contributed by atoms with van der Waals surface area (Å²) in [6.45, 7) is 3.29. The van der Waals surface area contributed by atoms with Crippen molar-refractivity contribution in [2.75, 3.05) is 22.9 Å². The number of fused-ring (bicyclic) bond motifs is 3. The summed E-state index contributed by atoms with van der Waals surface area (Å²) in [6.07, 6.45) is 4.01. The molecule has 0 amide bonds. The van der Waals surface area contributed by atoms with Gasteiger partial charge in [-0.3, -0.25) is 4.57 Å². The molecule has 0 unspecified atom stereocenters. The number of thioether (sulfide) groups is 1. The first-order chi connectivity index (χ1) is 17.0. The third kappa shape index (κ3) is 4.99. The number of hydrogen-bond donors (Lipinski definition) is 3. The Kier molecular flexibility index (Phi) is 7.19. The topological polar surface area (TPSA) is 126 Å². The van der Waals surface area contributed by atoms with Crippen molar-refractivity contribution in [3.05, 3.63) is 46.6 Å². The van der Waals surface area contributed by atoms with Gasteiger partial charge in [0, 0.05) is 17.1 Å². The van der Waals surface area contributed by atoms with E-state index in [0.717, 1.165) is 41.7 Å². The van der Waals surface area contributed by atoms with Crippen molar-refractivity contribution < 1.29 is 10.2 Å². The maximum Gasteiger partial charge on any atom is 0.229 e. The van der Waals surface area contributed by atoms with Crippen molar-refractivity contribution in [2.24, 2.45) is 0 Å². The summed E-state index contributed by atoms with van der Waals surface area (Å²) in [4.78, 5) is 14.1. The number of nitrogens with two attached hydrogens (primary N) is 1. The lowest BCUT2D eigenvalue weighted by molar-refractivity contribution is -0.0186. The van der Waals surface area contributed by atoms with Gasteiger partial charge in [-0.05, 0) is 49.8 Å². The van der Waals surface area contributed by atoms with Crippen molar-refractivity contribution in [1.82, 2.24) is 24.7 Å². The van der Waals surface area contributed by atoms with E-state index in [4.69, 9.17) is 15.7 Å². The van der Waals surface area contributed by atoms with Crippen LogP contribution < -0.4 is 10.6 Å². The van der Waals surface area contributed by atoms with E-state index in [1.165, 1.54) is 35.0 Å². The molecule has 35 heavy (non-hydrogen) atoms. The molecule has 11 heteroatoms. The maximum atomic E-state index is 9.36. The minimum atomic E-state index is -1.43. The Hall–Kier alpha value is -2.73. The van der Waals surface area contributed by atoms with Gasteiger partial charge in [0.05, 0.1) is 17.7 Å². The molecule has 4 N–H and O–H groups in total. The van der Waals surface area contributed by atoms with E-state index in [1.807, 2.05) is 34.9 Å². The molecule has 184 valence electrons. The van der Waals surface area contributed by atoms with Crippen LogP contribution in [0.15, 0.2) is 35.5 Å². The van der Waals surface area contributed by atoms with Gasteiger partial charge in [0.15, 0.2) is 17.3 Å². The Bertz CT molecular complexity index is 1310. The van der Waals surface area contributed by atoms with E-state index in [2.05, 4.69) is 22.0 Å². The number of para-hydroxylation sites is 1. The third-order valence-electron chi connectivity index (χ3n) is 6.02. The first-order valence-corrected chi connectivity index (χ1v) is 13.7. The highest BCUT2D eigenvalue weighted by Crippen LogP contribution is 2.38. The Labute approximate surface area is 212 Å². The lowest BCUT2D eigenvalue weighted by Gasteiger charge is -2.22. The van der Waals surface area contributed by atoms with Crippen molar-refractivity contribution in [3.63, 3.8) is 0 Å². The minimum Gasteiger partial charge on any atom is -0.383 e. The number of aliphatic hydroxyl groups excluding tert-OH is 1. The molecule has 3 heterocycles. The van der Waals surface area contributed by atoms with Gasteiger partial charge in [0.25, 0.3) is 0 Å². The molecule has 0 radical (unpaired) electrons. The lowest BCUT2D eigenvalue weighted by Crippen LogP contribution is -2.27. The summed E-state index contributed by atoms with van der Waals surface area (Å²) < 4.78 is 1.95. The van der Waals surface area contributed by atoms with E-state index >= 15 is 0 Å². The molecule has 1 aliphatic carbocycles. The first-order valence-electron chi connectivity index (χ1n) is 11.9. The van der Waals surface area contributed by atoms with E-state index in [1.54, 1.807) is 11.3 Å². The number of aromatic nitrogens is 5. The Morgan fingerprint density at radius 1 is 1.14 bits per heavy atom. The van der Waals surface area contributed by atoms with Gasteiger partial charge in [-0.1, -0.05) is 36.9 Å². The number of rotatable bonds is 9. The van der Waals surface area contributed by atoms with Crippen LogP contribution in [0.3, 0.4) is 0 Å². The molecule has 1 aliphatic rings. The maximum absolute atomic E-state index is 9.36. The number of anilines is 2. The summed E-state index contributed by atoms with van der Waals surface area (Å²) in [5.74, 6) is 1.96. The van der Waals surface area contributed by atoms with Crippen LogP contribution in [0.4, 0.5) is 11.8 Å². The summed E-state index contributed by atoms with van der Waals surface area (Å²) in [6, 6.07) is 9.82. The van der Waals surface area contributed by atoms with Gasteiger partial charge < -0.3 is 20.8 Å². The van der Waals surface area contributed by atoms with Crippen LogP contribution in [0.5, 0.6) is 0 Å². The average molecular weight is 512 g/mol. The van der Waals surface area contributed by atoms with Gasteiger partial charge in [0.1, 0.15) is 10.6 Å². The molecular weight excluding hydrogens is 482 g/mol. The van der Waals surface area contributed by atoms with E-state index < -0.39 is 6.29 Å². The molecule has 4 aromatic rings. The predicted octanol–water partition coefficient (Wildman–Crippen LogP) is 3.55. The number of benzene rings is 1. The van der Waals surface area contributed by atoms with Crippen molar-refractivity contribution in [1.29, 1.82) is 0 Å². The van der Waals surface area contributed by atoms with Crippen LogP contribution >= 0.6 is 23.1 Å². The Balaban J connectivity index is 1.52. The molecule has 5 rings (SSSR count). The largest absolute Gasteiger partial charge is 0.383 e. The zero-order chi connectivity index (χ0) is 24.4. The predicted molar refractivity (Wildman–Crippen MR) is 140 cm³/mol. The summed E-state index contributed by atoms with van der Waals surface area (Å²) in [5, 5.41) is 29.1. The number of aryl methyl sites for hydroxylation is 2. The molecule has 0 saturated carbocycles. The fraction of sp³-hybridized carbons (Fsp3) is 0.417. The van der Waals surface area contributed by atoms with Crippen LogP contribution in [0.1, 0.15) is 42.5 Å². The van der Waals surface area contributed by atoms with Gasteiger partial charge in [-0.2, -0.15) is 4.98 Å². The summed E-state index contributed by atoms with van der Waals surface area (Å²) >= 11 is 2.99. The second kappa shape index (κ2) is 10.5. The van der Waals surface area contributed by atoms with Crippen molar-refractivity contribution >= 4 is 45.1 Å². The third-order valence-corrected chi connectivity index (χ3v) is 8.19. The zero-order valence-corrected chi connectivity index (χ0v) is 21.2. The highest BCUT2D eigenvalue weighted by Gasteiger charge is 2.23. The smallest absolute Gasteiger partial charge is 0.229 e. The number of nitrogen functional groups attached to an aromatic ring is 1. The molecular formula is C24H29N7O2S2. The lowest BCUT2D eigenvalue weighted by atomic mass is 9.97. The highest BCUT2D eigenvalue weighted by molar-refractivity contribution is 7.99. The molecule has 0 saturated heterocycles. The molecule has 0 aliphatic heterocycles. The SMILES string of the molecule is CCCN(Cc1nnc(SCC(O)O)n1-c1ccccc1)c1nc(N)c2c3c(sc2n1)CCCC3. The summed E-state index contributed by atoms with van der Waals surface area (Å²) in [5.41, 5.74) is 8.73. The van der Waals surface area contributed by atoms with Crippen LogP contribution in [-0.4, -0.2) is 53.5 Å². The molecule has 0 bridgehead atoms. The van der Waals surface area contributed by atoms with Crippen molar-refractivity contribution in [2.45, 2.75) is 57.0 Å². The fourth-order valence-corrected chi connectivity index (χ4v) is 6.49. The molecule has 0 fully saturated rings. The van der Waals surface area contributed by atoms with Gasteiger partial charge in [0.2, 0.25) is 5.95 Å². The Morgan fingerprint density at radius 2 is 1.94 bits per heavy atom. The van der Waals surface area contributed by atoms with Crippen molar-refractivity contribution in [3.8, 4) is 5.69 Å². The second-order valence-corrected chi connectivity index (χ2v) is 10.7. The molecule has 0 atom stereocenters.